The third-order valence-corrected chi connectivity index (χ3v) is 2.89. The molecule has 0 aliphatic rings. The van der Waals surface area contributed by atoms with E-state index < -0.39 is 23.2 Å². The second-order valence-corrected chi connectivity index (χ2v) is 4.89. The molecular formula is C11H12BrFN2O2. The van der Waals surface area contributed by atoms with Crippen LogP contribution in [-0.4, -0.2) is 17.4 Å². The van der Waals surface area contributed by atoms with Crippen molar-refractivity contribution in [1.82, 2.24) is 5.32 Å². The highest BCUT2D eigenvalue weighted by Gasteiger charge is 2.29. The van der Waals surface area contributed by atoms with E-state index in [1.54, 1.807) is 0 Å². The van der Waals surface area contributed by atoms with Gasteiger partial charge in [0.15, 0.2) is 0 Å². The smallest absolute Gasteiger partial charge is 0.256 e. The lowest BCUT2D eigenvalue weighted by Crippen LogP contribution is -2.53. The van der Waals surface area contributed by atoms with E-state index in [9.17, 15) is 14.0 Å². The Hall–Kier alpha value is -1.43. The van der Waals surface area contributed by atoms with E-state index in [0.29, 0.717) is 4.47 Å². The van der Waals surface area contributed by atoms with E-state index in [-0.39, 0.29) is 5.56 Å². The predicted octanol–water partition coefficient (Wildman–Crippen LogP) is 1.58. The summed E-state index contributed by atoms with van der Waals surface area (Å²) in [5.74, 6) is -2.06. The maximum Gasteiger partial charge on any atom is 0.256 e. The fraction of sp³-hybridized carbons (Fsp3) is 0.273. The largest absolute Gasteiger partial charge is 0.368 e. The van der Waals surface area contributed by atoms with Crippen LogP contribution in [0.4, 0.5) is 4.39 Å². The lowest BCUT2D eigenvalue weighted by atomic mass is 10.0. The third kappa shape index (κ3) is 3.03. The number of amides is 2. The van der Waals surface area contributed by atoms with Crippen molar-refractivity contribution < 1.29 is 14.0 Å². The van der Waals surface area contributed by atoms with Crippen LogP contribution in [0.2, 0.25) is 0 Å². The van der Waals surface area contributed by atoms with Gasteiger partial charge in [-0.05, 0) is 41.9 Å². The standard InChI is InChI=1S/C11H12BrFN2O2/c1-11(2,10(14)17)15-9(16)8-6(12)4-3-5-7(8)13/h3-5H,1-2H3,(H2,14,17)(H,15,16). The molecule has 0 atom stereocenters. The number of benzene rings is 1. The minimum atomic E-state index is -1.24. The van der Waals surface area contributed by atoms with Crippen LogP contribution in [-0.2, 0) is 4.79 Å². The molecule has 1 aromatic rings. The first-order valence-corrected chi connectivity index (χ1v) is 5.61. The fourth-order valence-electron chi connectivity index (χ4n) is 1.12. The van der Waals surface area contributed by atoms with E-state index >= 15 is 0 Å². The molecule has 0 aromatic heterocycles. The summed E-state index contributed by atoms with van der Waals surface area (Å²) in [6.07, 6.45) is 0. The van der Waals surface area contributed by atoms with E-state index in [1.165, 1.54) is 26.0 Å². The zero-order chi connectivity index (χ0) is 13.2. The number of hydrogen-bond donors (Lipinski definition) is 2. The van der Waals surface area contributed by atoms with E-state index in [0.717, 1.165) is 6.07 Å². The van der Waals surface area contributed by atoms with Crippen molar-refractivity contribution in [3.63, 3.8) is 0 Å². The topological polar surface area (TPSA) is 72.2 Å². The number of rotatable bonds is 3. The Morgan fingerprint density at radius 1 is 1.41 bits per heavy atom. The molecule has 17 heavy (non-hydrogen) atoms. The summed E-state index contributed by atoms with van der Waals surface area (Å²) in [5, 5.41) is 2.37. The molecule has 0 aliphatic carbocycles. The molecule has 0 spiro atoms. The SMILES string of the molecule is CC(C)(NC(=O)c1c(F)cccc1Br)C(N)=O. The number of carbonyl (C=O) groups excluding carboxylic acids is 2. The van der Waals surface area contributed by atoms with Gasteiger partial charge >= 0.3 is 0 Å². The summed E-state index contributed by atoms with van der Waals surface area (Å²) in [7, 11) is 0. The van der Waals surface area contributed by atoms with Crippen LogP contribution in [0.25, 0.3) is 0 Å². The highest BCUT2D eigenvalue weighted by Crippen LogP contribution is 2.20. The normalized spacial score (nSPS) is 11.1. The quantitative estimate of drug-likeness (QED) is 0.890. The van der Waals surface area contributed by atoms with Crippen molar-refractivity contribution in [2.24, 2.45) is 5.73 Å². The van der Waals surface area contributed by atoms with Crippen LogP contribution < -0.4 is 11.1 Å². The van der Waals surface area contributed by atoms with E-state index in [4.69, 9.17) is 5.73 Å². The molecule has 0 bridgehead atoms. The van der Waals surface area contributed by atoms with Crippen molar-refractivity contribution in [3.8, 4) is 0 Å². The van der Waals surface area contributed by atoms with Gasteiger partial charge in [0.2, 0.25) is 5.91 Å². The van der Waals surface area contributed by atoms with Crippen molar-refractivity contribution in [1.29, 1.82) is 0 Å². The Morgan fingerprint density at radius 2 is 2.00 bits per heavy atom. The molecule has 0 saturated heterocycles. The summed E-state index contributed by atoms with van der Waals surface area (Å²) < 4.78 is 13.8. The number of nitrogens with one attached hydrogen (secondary N) is 1. The molecule has 0 radical (unpaired) electrons. The average molecular weight is 303 g/mol. The maximum atomic E-state index is 13.5. The van der Waals surface area contributed by atoms with Crippen molar-refractivity contribution in [3.05, 3.63) is 34.1 Å². The van der Waals surface area contributed by atoms with Crippen molar-refractivity contribution in [2.45, 2.75) is 19.4 Å². The third-order valence-electron chi connectivity index (χ3n) is 2.23. The Morgan fingerprint density at radius 3 is 2.47 bits per heavy atom. The number of nitrogens with two attached hydrogens (primary N) is 1. The van der Waals surface area contributed by atoms with Crippen molar-refractivity contribution >= 4 is 27.7 Å². The summed E-state index contributed by atoms with van der Waals surface area (Å²) in [5.41, 5.74) is 3.73. The van der Waals surface area contributed by atoms with Gasteiger partial charge in [0.05, 0.1) is 5.56 Å². The second-order valence-electron chi connectivity index (χ2n) is 4.04. The first-order valence-electron chi connectivity index (χ1n) is 4.82. The van der Waals surface area contributed by atoms with Crippen LogP contribution in [0.3, 0.4) is 0 Å². The van der Waals surface area contributed by atoms with Gasteiger partial charge in [-0.2, -0.15) is 0 Å². The van der Waals surface area contributed by atoms with Crippen LogP contribution in [0.15, 0.2) is 22.7 Å². The number of carbonyl (C=O) groups is 2. The second kappa shape index (κ2) is 4.83. The van der Waals surface area contributed by atoms with Crippen molar-refractivity contribution in [2.75, 3.05) is 0 Å². The monoisotopic (exact) mass is 302 g/mol. The van der Waals surface area contributed by atoms with Crippen LogP contribution in [0.1, 0.15) is 24.2 Å². The number of halogens is 2. The van der Waals surface area contributed by atoms with E-state index in [2.05, 4.69) is 21.2 Å². The molecule has 0 fully saturated rings. The van der Waals surface area contributed by atoms with Crippen LogP contribution in [0, 0.1) is 5.82 Å². The lowest BCUT2D eigenvalue weighted by Gasteiger charge is -2.22. The van der Waals surface area contributed by atoms with Gasteiger partial charge in [0.25, 0.3) is 5.91 Å². The Labute approximate surface area is 107 Å². The zero-order valence-electron chi connectivity index (χ0n) is 9.38. The molecule has 0 heterocycles. The minimum absolute atomic E-state index is 0.151. The van der Waals surface area contributed by atoms with Crippen LogP contribution in [0.5, 0.6) is 0 Å². The highest BCUT2D eigenvalue weighted by molar-refractivity contribution is 9.10. The first kappa shape index (κ1) is 13.6. The summed E-state index contributed by atoms with van der Waals surface area (Å²) >= 11 is 3.08. The zero-order valence-corrected chi connectivity index (χ0v) is 11.0. The minimum Gasteiger partial charge on any atom is -0.368 e. The molecule has 0 saturated carbocycles. The molecule has 4 nitrogen and oxygen atoms in total. The number of hydrogen-bond acceptors (Lipinski definition) is 2. The summed E-state index contributed by atoms with van der Waals surface area (Å²) in [4.78, 5) is 22.9. The molecule has 1 aromatic carbocycles. The van der Waals surface area contributed by atoms with Gasteiger partial charge in [-0.3, -0.25) is 9.59 Å². The molecule has 0 aliphatic heterocycles. The summed E-state index contributed by atoms with van der Waals surface area (Å²) in [6.45, 7) is 2.89. The molecule has 0 unspecified atom stereocenters. The fourth-order valence-corrected chi connectivity index (χ4v) is 1.64. The maximum absolute atomic E-state index is 13.5. The Balaban J connectivity index is 3.03. The van der Waals surface area contributed by atoms with Gasteiger partial charge in [0.1, 0.15) is 11.4 Å². The number of primary amides is 1. The van der Waals surface area contributed by atoms with Gasteiger partial charge in [-0.1, -0.05) is 6.07 Å². The van der Waals surface area contributed by atoms with Gasteiger partial charge in [0, 0.05) is 4.47 Å². The highest BCUT2D eigenvalue weighted by atomic mass is 79.9. The predicted molar refractivity (Wildman–Crippen MR) is 64.8 cm³/mol. The van der Waals surface area contributed by atoms with Gasteiger partial charge < -0.3 is 11.1 Å². The molecular weight excluding hydrogens is 291 g/mol. The van der Waals surface area contributed by atoms with E-state index in [1.807, 2.05) is 0 Å². The van der Waals surface area contributed by atoms with Gasteiger partial charge in [-0.25, -0.2) is 4.39 Å². The molecule has 92 valence electrons. The molecule has 2 amide bonds. The Kier molecular flexibility index (Phi) is 3.87. The average Bonchev–Trinajstić information content (AvgIpc) is 2.15. The molecule has 1 rings (SSSR count). The summed E-state index contributed by atoms with van der Waals surface area (Å²) in [6, 6.07) is 4.17. The van der Waals surface area contributed by atoms with Gasteiger partial charge in [-0.15, -0.1) is 0 Å². The lowest BCUT2D eigenvalue weighted by molar-refractivity contribution is -0.122. The van der Waals surface area contributed by atoms with Crippen LogP contribution >= 0.6 is 15.9 Å². The molecule has 6 heteroatoms. The first-order chi connectivity index (χ1) is 7.75. The molecule has 3 N–H and O–H groups in total. The Bertz CT molecular complexity index is 454.